The van der Waals surface area contributed by atoms with Crippen LogP contribution in [0.15, 0.2) is 29.3 Å². The fraction of sp³-hybridized carbons (Fsp3) is 0.500. The number of carbonyl (C=O) groups excluding carboxylic acids is 2. The van der Waals surface area contributed by atoms with Crippen molar-refractivity contribution in [2.45, 2.75) is 39.3 Å². The molecule has 6 nitrogen and oxygen atoms in total. The molecule has 1 aromatic rings. The lowest BCUT2D eigenvalue weighted by molar-refractivity contribution is -0.151. The number of nitrogens with one attached hydrogen (secondary N) is 1. The molecule has 146 valence electrons. The van der Waals surface area contributed by atoms with Gasteiger partial charge in [-0.05, 0) is 25.0 Å². The van der Waals surface area contributed by atoms with Crippen molar-refractivity contribution < 1.29 is 22.8 Å². The molecule has 0 radical (unpaired) electrons. The zero-order valence-corrected chi connectivity index (χ0v) is 15.1. The summed E-state index contributed by atoms with van der Waals surface area (Å²) in [6.07, 6.45) is -3.20. The van der Waals surface area contributed by atoms with E-state index < -0.39 is 29.0 Å². The highest BCUT2D eigenvalue weighted by molar-refractivity contribution is 6.20. The van der Waals surface area contributed by atoms with Gasteiger partial charge in [0.25, 0.3) is 0 Å². The van der Waals surface area contributed by atoms with Gasteiger partial charge >= 0.3 is 6.18 Å². The van der Waals surface area contributed by atoms with E-state index >= 15 is 0 Å². The van der Waals surface area contributed by atoms with E-state index in [4.69, 9.17) is 0 Å². The van der Waals surface area contributed by atoms with Gasteiger partial charge in [-0.15, -0.1) is 0 Å². The number of benzene rings is 1. The Bertz CT molecular complexity index is 793. The number of anilines is 1. The molecule has 0 aromatic heterocycles. The lowest BCUT2D eigenvalue weighted by atomic mass is 9.77. The van der Waals surface area contributed by atoms with Gasteiger partial charge in [-0.3, -0.25) is 19.8 Å². The summed E-state index contributed by atoms with van der Waals surface area (Å²) >= 11 is 0. The van der Waals surface area contributed by atoms with E-state index in [9.17, 15) is 22.8 Å². The largest absolute Gasteiger partial charge is 0.418 e. The van der Waals surface area contributed by atoms with Crippen molar-refractivity contribution in [3.8, 4) is 0 Å². The molecule has 2 aliphatic rings. The average Bonchev–Trinajstić information content (AvgIpc) is 2.64. The van der Waals surface area contributed by atoms with Crippen molar-refractivity contribution >= 4 is 23.5 Å². The van der Waals surface area contributed by atoms with E-state index in [1.165, 1.54) is 28.0 Å². The zero-order chi connectivity index (χ0) is 19.8. The van der Waals surface area contributed by atoms with Crippen LogP contribution in [0.5, 0.6) is 0 Å². The molecule has 1 N–H and O–H groups in total. The molecule has 1 atom stereocenters. The van der Waals surface area contributed by atoms with Gasteiger partial charge in [0, 0.05) is 0 Å². The first-order valence-corrected chi connectivity index (χ1v) is 8.83. The highest BCUT2D eigenvalue weighted by atomic mass is 19.4. The van der Waals surface area contributed by atoms with Gasteiger partial charge in [0.15, 0.2) is 0 Å². The number of nitrogens with zero attached hydrogens (tertiary/aromatic N) is 3. The zero-order valence-electron chi connectivity index (χ0n) is 15.1. The van der Waals surface area contributed by atoms with Crippen LogP contribution in [-0.2, 0) is 15.8 Å². The second-order valence-electron chi connectivity index (χ2n) is 6.69. The van der Waals surface area contributed by atoms with Crippen LogP contribution in [0.25, 0.3) is 0 Å². The Kier molecular flexibility index (Phi) is 4.88. The number of hydrogen-bond acceptors (Lipinski definition) is 4. The maximum Gasteiger partial charge on any atom is 0.418 e. The maximum atomic E-state index is 13.3. The molecule has 2 heterocycles. The van der Waals surface area contributed by atoms with Gasteiger partial charge in [-0.1, -0.05) is 32.4 Å². The molecular formula is C18H21F3N4O2. The lowest BCUT2D eigenvalue weighted by Crippen LogP contribution is -2.67. The third-order valence-electron chi connectivity index (χ3n) is 5.10. The van der Waals surface area contributed by atoms with Crippen LogP contribution in [-0.4, -0.2) is 36.0 Å². The van der Waals surface area contributed by atoms with E-state index in [1.807, 2.05) is 6.92 Å². The maximum absolute atomic E-state index is 13.3. The number of rotatable bonds is 4. The third-order valence-corrected chi connectivity index (χ3v) is 5.10. The summed E-state index contributed by atoms with van der Waals surface area (Å²) in [5.74, 6) is -0.703. The molecule has 0 spiro atoms. The number of hydrogen-bond donors (Lipinski definition) is 1. The number of alkyl halides is 3. The Morgan fingerprint density at radius 2 is 1.93 bits per heavy atom. The molecule has 1 aromatic carbocycles. The molecule has 0 saturated carbocycles. The molecule has 0 aliphatic carbocycles. The fourth-order valence-electron chi connectivity index (χ4n) is 3.64. The Balaban J connectivity index is 1.96. The first-order valence-electron chi connectivity index (χ1n) is 8.83. The van der Waals surface area contributed by atoms with Gasteiger partial charge in [0.2, 0.25) is 17.8 Å². The van der Waals surface area contributed by atoms with Crippen LogP contribution in [0.3, 0.4) is 0 Å². The standard InChI is InChI=1S/C18H21F3N4O2/c1-3-9-17(4-2)14(26)23-16-22-10-24(11-25(16)15(17)27)13-8-6-5-7-12(13)18(19,20)21/h5-8H,3-4,9-11H2,1-2H3,(H,22,23,26). The van der Waals surface area contributed by atoms with Gasteiger partial charge < -0.3 is 4.90 Å². The van der Waals surface area contributed by atoms with Gasteiger partial charge in [0.05, 0.1) is 11.3 Å². The highest BCUT2D eigenvalue weighted by Gasteiger charge is 2.52. The number of carbonyl (C=O) groups is 2. The molecular weight excluding hydrogens is 361 g/mol. The van der Waals surface area contributed by atoms with Crippen LogP contribution >= 0.6 is 0 Å². The smallest absolute Gasteiger partial charge is 0.333 e. The van der Waals surface area contributed by atoms with Gasteiger partial charge in [0.1, 0.15) is 18.8 Å². The molecule has 27 heavy (non-hydrogen) atoms. The number of aliphatic imine (C=N–C) groups is 1. The molecule has 0 bridgehead atoms. The van der Waals surface area contributed by atoms with Crippen molar-refractivity contribution in [3.63, 3.8) is 0 Å². The molecule has 1 unspecified atom stereocenters. The third kappa shape index (κ3) is 3.15. The summed E-state index contributed by atoms with van der Waals surface area (Å²) in [5, 5.41) is 2.66. The lowest BCUT2D eigenvalue weighted by Gasteiger charge is -2.45. The Morgan fingerprint density at radius 3 is 2.56 bits per heavy atom. The summed E-state index contributed by atoms with van der Waals surface area (Å²) < 4.78 is 40.0. The number of fused-ring (bicyclic) bond motifs is 1. The van der Waals surface area contributed by atoms with Gasteiger partial charge in [-0.2, -0.15) is 13.2 Å². The predicted molar refractivity (Wildman–Crippen MR) is 93.7 cm³/mol. The number of halogens is 3. The summed E-state index contributed by atoms with van der Waals surface area (Å²) in [5.41, 5.74) is -2.04. The van der Waals surface area contributed by atoms with Crippen molar-refractivity contribution in [2.75, 3.05) is 18.2 Å². The molecule has 9 heteroatoms. The van der Waals surface area contributed by atoms with E-state index in [1.54, 1.807) is 6.92 Å². The van der Waals surface area contributed by atoms with Crippen LogP contribution < -0.4 is 10.2 Å². The number of guanidine groups is 1. The minimum Gasteiger partial charge on any atom is -0.333 e. The van der Waals surface area contributed by atoms with E-state index in [0.717, 1.165) is 6.07 Å². The van der Waals surface area contributed by atoms with E-state index in [2.05, 4.69) is 10.3 Å². The second-order valence-corrected chi connectivity index (χ2v) is 6.69. The van der Waals surface area contributed by atoms with Crippen molar-refractivity contribution in [2.24, 2.45) is 10.4 Å². The van der Waals surface area contributed by atoms with Crippen molar-refractivity contribution in [1.29, 1.82) is 0 Å². The summed E-state index contributed by atoms with van der Waals surface area (Å²) in [6, 6.07) is 5.19. The molecule has 2 aliphatic heterocycles. The molecule has 1 saturated heterocycles. The predicted octanol–water partition coefficient (Wildman–Crippen LogP) is 2.95. The quantitative estimate of drug-likeness (QED) is 0.815. The average molecular weight is 382 g/mol. The number of amides is 2. The minimum absolute atomic E-state index is 0.0462. The highest BCUT2D eigenvalue weighted by Crippen LogP contribution is 2.38. The Hall–Kier alpha value is -2.58. The number of para-hydroxylation sites is 1. The summed E-state index contributed by atoms with van der Waals surface area (Å²) in [4.78, 5) is 32.4. The first kappa shape index (κ1) is 19.2. The Morgan fingerprint density at radius 1 is 1.22 bits per heavy atom. The fourth-order valence-corrected chi connectivity index (χ4v) is 3.64. The SMILES string of the molecule is CCCC1(CC)C(=O)NC2=NCN(c3ccccc3C(F)(F)F)CN2C1=O. The molecule has 1 fully saturated rings. The Labute approximate surface area is 155 Å². The normalized spacial score (nSPS) is 23.1. The van der Waals surface area contributed by atoms with Crippen molar-refractivity contribution in [3.05, 3.63) is 29.8 Å². The summed E-state index contributed by atoms with van der Waals surface area (Å²) in [6.45, 7) is 3.45. The van der Waals surface area contributed by atoms with Crippen LogP contribution in [0.1, 0.15) is 38.7 Å². The second kappa shape index (κ2) is 6.86. The van der Waals surface area contributed by atoms with E-state index in [-0.39, 0.29) is 25.0 Å². The van der Waals surface area contributed by atoms with Crippen molar-refractivity contribution in [1.82, 2.24) is 10.2 Å². The molecule has 3 rings (SSSR count). The molecule has 2 amide bonds. The first-order chi connectivity index (χ1) is 12.7. The monoisotopic (exact) mass is 382 g/mol. The van der Waals surface area contributed by atoms with Crippen LogP contribution in [0, 0.1) is 5.41 Å². The summed E-state index contributed by atoms with van der Waals surface area (Å²) in [7, 11) is 0. The van der Waals surface area contributed by atoms with Gasteiger partial charge in [-0.25, -0.2) is 4.99 Å². The van der Waals surface area contributed by atoms with Crippen LogP contribution in [0.2, 0.25) is 0 Å². The topological polar surface area (TPSA) is 65.0 Å². The minimum atomic E-state index is -4.52. The van der Waals surface area contributed by atoms with E-state index in [0.29, 0.717) is 19.3 Å². The van der Waals surface area contributed by atoms with Crippen LogP contribution in [0.4, 0.5) is 18.9 Å².